The molecule has 2 aromatic carbocycles. The molecule has 4 aromatic rings. The van der Waals surface area contributed by atoms with Gasteiger partial charge in [0.15, 0.2) is 14.8 Å². The number of carbonyl (C=O) groups is 1. The number of thioether (sulfide) groups is 1. The highest BCUT2D eigenvalue weighted by Gasteiger charge is 2.21. The summed E-state index contributed by atoms with van der Waals surface area (Å²) in [6, 6.07) is 13.6. The third-order valence-corrected chi connectivity index (χ3v) is 7.57. The standard InChI is InChI=1S/C24H23N3O3S3/c1-5-30-19(28)13-32-23-25-21-20(22(29)27(23)18-9-7-6-8-15(18)3)33-24(31)26(21)17-11-10-14(2)16(4)12-17/h6-12H,5,13H2,1-4H3. The molecule has 0 aliphatic carbocycles. The van der Waals surface area contributed by atoms with Crippen LogP contribution in [0.5, 0.6) is 0 Å². The lowest BCUT2D eigenvalue weighted by Crippen LogP contribution is -2.23. The van der Waals surface area contributed by atoms with Crippen LogP contribution < -0.4 is 5.56 Å². The Kier molecular flexibility index (Phi) is 6.83. The number of carbonyl (C=O) groups excluding carboxylic acids is 1. The van der Waals surface area contributed by atoms with E-state index in [0.29, 0.717) is 26.1 Å². The molecule has 0 aliphatic heterocycles. The molecule has 0 fully saturated rings. The predicted molar refractivity (Wildman–Crippen MR) is 137 cm³/mol. The minimum absolute atomic E-state index is 0.0478. The molecule has 4 rings (SSSR count). The number of esters is 1. The summed E-state index contributed by atoms with van der Waals surface area (Å²) < 4.78 is 9.49. The summed E-state index contributed by atoms with van der Waals surface area (Å²) in [5.74, 6) is -0.309. The van der Waals surface area contributed by atoms with Crippen molar-refractivity contribution in [3.8, 4) is 11.4 Å². The van der Waals surface area contributed by atoms with E-state index in [1.165, 1.54) is 28.7 Å². The highest BCUT2D eigenvalue weighted by atomic mass is 32.2. The molecule has 0 unspecified atom stereocenters. The fourth-order valence-electron chi connectivity index (χ4n) is 3.48. The second-order valence-electron chi connectivity index (χ2n) is 7.54. The number of hydrogen-bond acceptors (Lipinski definition) is 7. The molecular weight excluding hydrogens is 474 g/mol. The van der Waals surface area contributed by atoms with E-state index < -0.39 is 0 Å². The Labute approximate surface area is 204 Å². The number of aryl methyl sites for hydroxylation is 3. The Morgan fingerprint density at radius 2 is 1.85 bits per heavy atom. The van der Waals surface area contributed by atoms with Gasteiger partial charge in [0, 0.05) is 5.69 Å². The maximum absolute atomic E-state index is 13.7. The van der Waals surface area contributed by atoms with E-state index >= 15 is 0 Å². The van der Waals surface area contributed by atoms with Crippen LogP contribution in [0.4, 0.5) is 0 Å². The largest absolute Gasteiger partial charge is 0.465 e. The van der Waals surface area contributed by atoms with Gasteiger partial charge in [0.25, 0.3) is 5.56 Å². The number of benzene rings is 2. The van der Waals surface area contributed by atoms with Crippen LogP contribution in [-0.4, -0.2) is 32.4 Å². The van der Waals surface area contributed by atoms with E-state index in [0.717, 1.165) is 22.5 Å². The summed E-state index contributed by atoms with van der Waals surface area (Å²) in [6.07, 6.45) is 0. The molecule has 0 atom stereocenters. The van der Waals surface area contributed by atoms with Gasteiger partial charge in [0.1, 0.15) is 4.70 Å². The molecule has 170 valence electrons. The summed E-state index contributed by atoms with van der Waals surface area (Å²) in [4.78, 5) is 30.7. The average molecular weight is 498 g/mol. The van der Waals surface area contributed by atoms with Gasteiger partial charge < -0.3 is 4.74 Å². The SMILES string of the molecule is CCOC(=O)CSc1nc2c(sc(=S)n2-c2ccc(C)c(C)c2)c(=O)n1-c1ccccc1C. The number of para-hydroxylation sites is 1. The number of thiazole rings is 1. The van der Waals surface area contributed by atoms with Gasteiger partial charge in [-0.15, -0.1) is 0 Å². The van der Waals surface area contributed by atoms with Crippen LogP contribution in [0.15, 0.2) is 52.4 Å². The smallest absolute Gasteiger partial charge is 0.316 e. The minimum atomic E-state index is -0.357. The first-order chi connectivity index (χ1) is 15.8. The number of hydrogen-bond donors (Lipinski definition) is 0. The van der Waals surface area contributed by atoms with Gasteiger partial charge >= 0.3 is 5.97 Å². The summed E-state index contributed by atoms with van der Waals surface area (Å²) >= 11 is 8.08. The molecule has 2 heterocycles. The third kappa shape index (κ3) is 4.53. The van der Waals surface area contributed by atoms with Crippen molar-refractivity contribution in [2.24, 2.45) is 0 Å². The van der Waals surface area contributed by atoms with Crippen LogP contribution in [0.2, 0.25) is 0 Å². The minimum Gasteiger partial charge on any atom is -0.465 e. The zero-order valence-electron chi connectivity index (χ0n) is 18.7. The molecule has 0 spiro atoms. The monoisotopic (exact) mass is 497 g/mol. The number of ether oxygens (including phenoxy) is 1. The highest BCUT2D eigenvalue weighted by Crippen LogP contribution is 2.29. The van der Waals surface area contributed by atoms with Crippen molar-refractivity contribution in [3.63, 3.8) is 0 Å². The van der Waals surface area contributed by atoms with Crippen molar-refractivity contribution in [1.29, 1.82) is 0 Å². The topological polar surface area (TPSA) is 66.1 Å². The third-order valence-electron chi connectivity index (χ3n) is 5.31. The van der Waals surface area contributed by atoms with Gasteiger partial charge in [-0.1, -0.05) is 47.4 Å². The van der Waals surface area contributed by atoms with E-state index in [4.69, 9.17) is 21.9 Å². The molecule has 0 saturated carbocycles. The normalized spacial score (nSPS) is 11.2. The zero-order valence-corrected chi connectivity index (χ0v) is 21.2. The lowest BCUT2D eigenvalue weighted by atomic mass is 10.1. The molecule has 0 radical (unpaired) electrons. The fraction of sp³-hybridized carbons (Fsp3) is 0.250. The number of rotatable bonds is 6. The van der Waals surface area contributed by atoms with Crippen LogP contribution in [0.25, 0.3) is 21.7 Å². The summed E-state index contributed by atoms with van der Waals surface area (Å²) in [5, 5.41) is 0.417. The van der Waals surface area contributed by atoms with Crippen molar-refractivity contribution >= 4 is 51.6 Å². The Balaban J connectivity index is 1.98. The molecule has 0 saturated heterocycles. The highest BCUT2D eigenvalue weighted by molar-refractivity contribution is 7.99. The summed E-state index contributed by atoms with van der Waals surface area (Å²) in [5.41, 5.74) is 5.09. The molecule has 33 heavy (non-hydrogen) atoms. The quantitative estimate of drug-likeness (QED) is 0.151. The number of nitrogens with zero attached hydrogens (tertiary/aromatic N) is 3. The van der Waals surface area contributed by atoms with E-state index in [9.17, 15) is 9.59 Å². The fourth-order valence-corrected chi connectivity index (χ4v) is 5.58. The Hall–Kier alpha value is -2.75. The molecule has 2 aromatic heterocycles. The number of fused-ring (bicyclic) bond motifs is 1. The van der Waals surface area contributed by atoms with Gasteiger partial charge in [-0.2, -0.15) is 0 Å². The molecule has 9 heteroatoms. The van der Waals surface area contributed by atoms with Crippen LogP contribution in [0, 0.1) is 24.7 Å². The molecular formula is C24H23N3O3S3. The first-order valence-electron chi connectivity index (χ1n) is 10.4. The van der Waals surface area contributed by atoms with Gasteiger partial charge in [-0.3, -0.25) is 18.7 Å². The summed E-state index contributed by atoms with van der Waals surface area (Å²) in [6.45, 7) is 8.09. The predicted octanol–water partition coefficient (Wildman–Crippen LogP) is 5.55. The molecule has 0 aliphatic rings. The zero-order chi connectivity index (χ0) is 23.7. The average Bonchev–Trinajstić information content (AvgIpc) is 3.11. The molecule has 0 amide bonds. The second-order valence-corrected chi connectivity index (χ2v) is 10.1. The maximum Gasteiger partial charge on any atom is 0.316 e. The van der Waals surface area contributed by atoms with Gasteiger partial charge in [-0.05, 0) is 74.8 Å². The number of aromatic nitrogens is 3. The van der Waals surface area contributed by atoms with Crippen LogP contribution in [0.1, 0.15) is 23.6 Å². The van der Waals surface area contributed by atoms with Crippen LogP contribution >= 0.6 is 35.3 Å². The Morgan fingerprint density at radius 1 is 1.09 bits per heavy atom. The van der Waals surface area contributed by atoms with E-state index in [-0.39, 0.29) is 17.3 Å². The summed E-state index contributed by atoms with van der Waals surface area (Å²) in [7, 11) is 0. The van der Waals surface area contributed by atoms with Gasteiger partial charge in [0.2, 0.25) is 0 Å². The molecule has 0 bridgehead atoms. The maximum atomic E-state index is 13.7. The lowest BCUT2D eigenvalue weighted by molar-refractivity contribution is -0.139. The first-order valence-corrected chi connectivity index (χ1v) is 12.6. The van der Waals surface area contributed by atoms with Crippen molar-refractivity contribution in [2.75, 3.05) is 12.4 Å². The van der Waals surface area contributed by atoms with Crippen LogP contribution in [0.3, 0.4) is 0 Å². The Morgan fingerprint density at radius 3 is 2.55 bits per heavy atom. The lowest BCUT2D eigenvalue weighted by Gasteiger charge is -2.14. The van der Waals surface area contributed by atoms with Crippen molar-refractivity contribution in [3.05, 3.63) is 73.5 Å². The second kappa shape index (κ2) is 9.62. The molecule has 6 nitrogen and oxygen atoms in total. The Bertz CT molecular complexity index is 1480. The van der Waals surface area contributed by atoms with Crippen molar-refractivity contribution < 1.29 is 9.53 Å². The van der Waals surface area contributed by atoms with Crippen LogP contribution in [-0.2, 0) is 9.53 Å². The van der Waals surface area contributed by atoms with Crippen molar-refractivity contribution in [2.45, 2.75) is 32.9 Å². The van der Waals surface area contributed by atoms with E-state index in [2.05, 4.69) is 0 Å². The van der Waals surface area contributed by atoms with Gasteiger partial charge in [0.05, 0.1) is 18.0 Å². The van der Waals surface area contributed by atoms with Crippen molar-refractivity contribution in [1.82, 2.24) is 14.1 Å². The molecule has 0 N–H and O–H groups in total. The van der Waals surface area contributed by atoms with Gasteiger partial charge in [-0.25, -0.2) is 4.98 Å². The van der Waals surface area contributed by atoms with E-state index in [1.54, 1.807) is 11.5 Å². The first kappa shape index (κ1) is 23.4. The van der Waals surface area contributed by atoms with E-state index in [1.807, 2.05) is 67.8 Å².